The van der Waals surface area contributed by atoms with Crippen LogP contribution >= 0.6 is 0 Å². The smallest absolute Gasteiger partial charge is 0.328 e. The maximum atomic E-state index is 13.4. The molecule has 2 aromatic rings. The third kappa shape index (κ3) is 8.58. The lowest BCUT2D eigenvalue weighted by Gasteiger charge is -2.24. The van der Waals surface area contributed by atoms with Crippen LogP contribution in [0.25, 0.3) is 10.9 Å². The topological polar surface area (TPSA) is 183 Å². The minimum Gasteiger partial charge on any atom is -0.467 e. The number of nitrogens with one attached hydrogen (secondary N) is 3. The highest BCUT2D eigenvalue weighted by atomic mass is 16.5. The van der Waals surface area contributed by atoms with Gasteiger partial charge in [-0.05, 0) is 50.2 Å². The fourth-order valence-corrected chi connectivity index (χ4v) is 4.75. The minimum atomic E-state index is -0.950. The largest absolute Gasteiger partial charge is 0.467 e. The van der Waals surface area contributed by atoms with Crippen molar-refractivity contribution in [1.82, 2.24) is 20.5 Å². The average Bonchev–Trinajstić information content (AvgIpc) is 3.27. The second kappa shape index (κ2) is 14.7. The number of rotatable bonds is 7. The lowest BCUT2D eigenvalue weighted by atomic mass is 10.0. The molecule has 1 aromatic carbocycles. The monoisotopic (exact) mass is 553 g/mol. The zero-order chi connectivity index (χ0) is 29.1. The number of hydrogen-bond acceptors (Lipinski definition) is 6. The second-order valence-corrected chi connectivity index (χ2v) is 9.77. The normalized spacial score (nSPS) is 21.1. The summed E-state index contributed by atoms with van der Waals surface area (Å²) >= 11 is 0. The molecule has 3 rings (SSSR count). The molecule has 2 heterocycles. The van der Waals surface area contributed by atoms with Gasteiger partial charge in [0.2, 0.25) is 17.7 Å². The third-order valence-corrected chi connectivity index (χ3v) is 6.74. The first-order chi connectivity index (χ1) is 19.2. The molecule has 0 saturated carbocycles. The van der Waals surface area contributed by atoms with Crippen molar-refractivity contribution in [3.63, 3.8) is 0 Å². The van der Waals surface area contributed by atoms with Gasteiger partial charge in [0.05, 0.1) is 7.11 Å². The number of unbranched alkanes of at least 4 members (excludes halogenated alkanes) is 1. The summed E-state index contributed by atoms with van der Waals surface area (Å²) in [5.41, 5.74) is 12.8. The van der Waals surface area contributed by atoms with E-state index in [0.717, 1.165) is 16.5 Å². The van der Waals surface area contributed by atoms with Crippen molar-refractivity contribution in [2.45, 2.75) is 70.1 Å². The second-order valence-electron chi connectivity index (χ2n) is 9.77. The number of guanidine groups is 1. The van der Waals surface area contributed by atoms with Gasteiger partial charge in [0.15, 0.2) is 5.96 Å². The van der Waals surface area contributed by atoms with Crippen molar-refractivity contribution in [3.05, 3.63) is 48.2 Å². The van der Waals surface area contributed by atoms with Gasteiger partial charge in [-0.15, -0.1) is 0 Å². The standard InChI is InChI=1S/C28H39N7O5/c1-18(36)32-22-14-13-19-17-35(24-12-4-3-9-20(19)24)16-8-6-11-23(27(39)40-2)34-25(37)21(33-26(22)38)10-5-7-15-31-28(29)30/h3-4,6,8-9,12,17,21-23H,5,7,10-11,13-16H2,1-2H3,(H,32,36)(H,33,38)(H,34,37)(H4,29,30,31)/b8-6-. The van der Waals surface area contributed by atoms with Gasteiger partial charge in [0.25, 0.3) is 0 Å². The molecule has 3 amide bonds. The van der Waals surface area contributed by atoms with Crippen molar-refractivity contribution in [2.75, 3.05) is 13.7 Å². The van der Waals surface area contributed by atoms with Crippen LogP contribution in [0.5, 0.6) is 0 Å². The van der Waals surface area contributed by atoms with E-state index in [0.29, 0.717) is 38.8 Å². The van der Waals surface area contributed by atoms with E-state index in [1.807, 2.05) is 42.6 Å². The molecule has 0 saturated heterocycles. The van der Waals surface area contributed by atoms with Gasteiger partial charge in [0, 0.05) is 37.1 Å². The van der Waals surface area contributed by atoms with Crippen molar-refractivity contribution in [1.29, 1.82) is 0 Å². The summed E-state index contributed by atoms with van der Waals surface area (Å²) in [6.07, 6.45) is 8.29. The number of esters is 1. The highest BCUT2D eigenvalue weighted by Crippen LogP contribution is 2.23. The first-order valence-electron chi connectivity index (χ1n) is 13.4. The van der Waals surface area contributed by atoms with Crippen LogP contribution in [0.4, 0.5) is 0 Å². The number of methoxy groups -OCH3 is 1. The fraction of sp³-hybridized carbons (Fsp3) is 0.464. The number of hydrogen-bond donors (Lipinski definition) is 5. The minimum absolute atomic E-state index is 0.0222. The van der Waals surface area contributed by atoms with Crippen molar-refractivity contribution in [2.24, 2.45) is 16.5 Å². The van der Waals surface area contributed by atoms with Crippen LogP contribution in [0, 0.1) is 0 Å². The molecule has 0 fully saturated rings. The van der Waals surface area contributed by atoms with Gasteiger partial charge >= 0.3 is 5.97 Å². The van der Waals surface area contributed by atoms with E-state index in [9.17, 15) is 19.2 Å². The number of amides is 3. The van der Waals surface area contributed by atoms with E-state index in [2.05, 4.69) is 25.5 Å². The number of para-hydroxylation sites is 1. The maximum Gasteiger partial charge on any atom is 0.328 e. The van der Waals surface area contributed by atoms with Crippen LogP contribution in [0.1, 0.15) is 44.6 Å². The Morgan fingerprint density at radius 3 is 2.62 bits per heavy atom. The van der Waals surface area contributed by atoms with E-state index >= 15 is 0 Å². The van der Waals surface area contributed by atoms with E-state index in [4.69, 9.17) is 16.2 Å². The summed E-state index contributed by atoms with van der Waals surface area (Å²) in [5.74, 6) is -1.98. The summed E-state index contributed by atoms with van der Waals surface area (Å²) in [6, 6.07) is 5.22. The predicted molar refractivity (Wildman–Crippen MR) is 152 cm³/mol. The van der Waals surface area contributed by atoms with Crippen LogP contribution in [0.2, 0.25) is 0 Å². The third-order valence-electron chi connectivity index (χ3n) is 6.74. The Kier molecular flexibility index (Phi) is 11.1. The Labute approximate surface area is 233 Å². The summed E-state index contributed by atoms with van der Waals surface area (Å²) in [4.78, 5) is 55.1. The Hall–Kier alpha value is -4.35. The fourth-order valence-electron chi connectivity index (χ4n) is 4.75. The lowest BCUT2D eigenvalue weighted by Crippen LogP contribution is -2.55. The first-order valence-corrected chi connectivity index (χ1v) is 13.4. The molecule has 1 aliphatic rings. The summed E-state index contributed by atoms with van der Waals surface area (Å²) in [7, 11) is 1.26. The van der Waals surface area contributed by atoms with Crippen LogP contribution in [-0.4, -0.2) is 66.0 Å². The van der Waals surface area contributed by atoms with Gasteiger partial charge < -0.3 is 36.7 Å². The number of aliphatic imine (C=N–C) groups is 1. The number of aryl methyl sites for hydroxylation is 1. The number of carbonyl (C=O) groups is 4. The molecule has 0 aliphatic carbocycles. The number of ether oxygens (including phenoxy) is 1. The molecule has 7 N–H and O–H groups in total. The molecular weight excluding hydrogens is 514 g/mol. The molecule has 12 nitrogen and oxygen atoms in total. The number of nitrogens with two attached hydrogens (primary N) is 2. The number of fused-ring (bicyclic) bond motifs is 5. The van der Waals surface area contributed by atoms with E-state index in [1.54, 1.807) is 0 Å². The highest BCUT2D eigenvalue weighted by molar-refractivity contribution is 5.93. The number of aromatic nitrogens is 1. The molecule has 3 atom stereocenters. The molecule has 40 heavy (non-hydrogen) atoms. The average molecular weight is 554 g/mol. The molecular formula is C28H39N7O5. The number of benzene rings is 1. The number of carbonyl (C=O) groups excluding carboxylic acids is 4. The summed E-state index contributed by atoms with van der Waals surface area (Å²) in [5, 5.41) is 9.30. The van der Waals surface area contributed by atoms with Gasteiger partial charge in [-0.1, -0.05) is 30.4 Å². The highest BCUT2D eigenvalue weighted by Gasteiger charge is 2.29. The van der Waals surface area contributed by atoms with Gasteiger partial charge in [0.1, 0.15) is 18.1 Å². The Bertz CT molecular complexity index is 1260. The number of allylic oxidation sites excluding steroid dienone is 1. The zero-order valence-corrected chi connectivity index (χ0v) is 23.0. The number of nitrogens with zero attached hydrogens (tertiary/aromatic N) is 2. The summed E-state index contributed by atoms with van der Waals surface area (Å²) in [6.45, 7) is 2.28. The quantitative estimate of drug-likeness (QED) is 0.109. The van der Waals surface area contributed by atoms with E-state index < -0.39 is 35.9 Å². The van der Waals surface area contributed by atoms with Gasteiger partial charge in [-0.3, -0.25) is 19.4 Å². The van der Waals surface area contributed by atoms with Gasteiger partial charge in [-0.2, -0.15) is 0 Å². The molecule has 0 spiro atoms. The Morgan fingerprint density at radius 2 is 1.90 bits per heavy atom. The van der Waals surface area contributed by atoms with Crippen LogP contribution in [-0.2, 0) is 36.9 Å². The summed E-state index contributed by atoms with van der Waals surface area (Å²) < 4.78 is 7.00. The maximum absolute atomic E-state index is 13.4. The van der Waals surface area contributed by atoms with E-state index in [1.165, 1.54) is 14.0 Å². The molecule has 1 aromatic heterocycles. The Morgan fingerprint density at radius 1 is 1.12 bits per heavy atom. The van der Waals surface area contributed by atoms with Crippen molar-refractivity contribution in [3.8, 4) is 0 Å². The van der Waals surface area contributed by atoms with Crippen LogP contribution < -0.4 is 27.4 Å². The SMILES string of the molecule is COC(=O)C1C/C=C\Cn2cc(c3ccccc32)CCC(NC(C)=O)C(=O)NC(CCCCN=C(N)N)C(=O)N1. The van der Waals surface area contributed by atoms with E-state index in [-0.39, 0.29) is 24.7 Å². The van der Waals surface area contributed by atoms with Crippen molar-refractivity contribution < 1.29 is 23.9 Å². The zero-order valence-electron chi connectivity index (χ0n) is 23.0. The van der Waals surface area contributed by atoms with Crippen LogP contribution in [0.3, 0.4) is 0 Å². The molecule has 1 aliphatic heterocycles. The van der Waals surface area contributed by atoms with Gasteiger partial charge in [-0.25, -0.2) is 4.79 Å². The lowest BCUT2D eigenvalue weighted by molar-refractivity contribution is -0.145. The molecule has 0 radical (unpaired) electrons. The predicted octanol–water partition coefficient (Wildman–Crippen LogP) is 0.625. The van der Waals surface area contributed by atoms with Crippen molar-refractivity contribution >= 4 is 40.6 Å². The van der Waals surface area contributed by atoms with Crippen LogP contribution in [0.15, 0.2) is 47.6 Å². The first kappa shape index (κ1) is 30.2. The molecule has 2 bridgehead atoms. The molecule has 12 heteroatoms. The molecule has 216 valence electrons. The molecule has 3 unspecified atom stereocenters. The Balaban J connectivity index is 1.92.